The van der Waals surface area contributed by atoms with E-state index in [0.29, 0.717) is 5.41 Å². The first-order chi connectivity index (χ1) is 9.74. The molecule has 20 heavy (non-hydrogen) atoms. The summed E-state index contributed by atoms with van der Waals surface area (Å²) < 4.78 is 0. The van der Waals surface area contributed by atoms with Crippen LogP contribution in [0.15, 0.2) is 0 Å². The SMILES string of the molecule is CC.CC.CC.CC1CCC2(CC1)CCN(C=O)CC2. The first-order valence-corrected chi connectivity index (χ1v) is 8.93. The van der Waals surface area contributed by atoms with E-state index in [1.165, 1.54) is 38.5 Å². The lowest BCUT2D eigenvalue weighted by molar-refractivity contribution is -0.120. The molecule has 0 unspecified atom stereocenters. The van der Waals surface area contributed by atoms with E-state index in [9.17, 15) is 4.79 Å². The van der Waals surface area contributed by atoms with Crippen molar-refractivity contribution < 1.29 is 4.79 Å². The molecule has 1 amide bonds. The molecule has 1 saturated carbocycles. The van der Waals surface area contributed by atoms with Crippen LogP contribution >= 0.6 is 0 Å². The number of amides is 1. The van der Waals surface area contributed by atoms with Gasteiger partial charge in [-0.1, -0.05) is 61.3 Å². The van der Waals surface area contributed by atoms with Gasteiger partial charge in [-0.05, 0) is 37.0 Å². The largest absolute Gasteiger partial charge is 0.345 e. The van der Waals surface area contributed by atoms with Crippen LogP contribution < -0.4 is 0 Å². The summed E-state index contributed by atoms with van der Waals surface area (Å²) in [6.45, 7) is 16.4. The lowest BCUT2D eigenvalue weighted by Gasteiger charge is -2.44. The first kappa shape index (κ1) is 21.8. The molecule has 2 aliphatic rings. The summed E-state index contributed by atoms with van der Waals surface area (Å²) in [6, 6.07) is 0. The minimum atomic E-state index is 0.617. The van der Waals surface area contributed by atoms with Gasteiger partial charge in [0.05, 0.1) is 0 Å². The van der Waals surface area contributed by atoms with E-state index in [2.05, 4.69) is 6.92 Å². The van der Waals surface area contributed by atoms with Gasteiger partial charge in [0, 0.05) is 13.1 Å². The molecule has 0 aromatic carbocycles. The van der Waals surface area contributed by atoms with Crippen molar-refractivity contribution in [1.29, 1.82) is 0 Å². The monoisotopic (exact) mass is 285 g/mol. The molecule has 0 N–H and O–H groups in total. The summed E-state index contributed by atoms with van der Waals surface area (Å²) in [5.74, 6) is 0.935. The molecule has 0 aromatic rings. The third-order valence-electron chi connectivity index (χ3n) is 4.34. The molecule has 2 heteroatoms. The molecule has 1 saturated heterocycles. The summed E-state index contributed by atoms with van der Waals surface area (Å²) in [4.78, 5) is 12.5. The second-order valence-electron chi connectivity index (χ2n) is 5.32. The lowest BCUT2D eigenvalue weighted by Crippen LogP contribution is -2.41. The highest BCUT2D eigenvalue weighted by molar-refractivity contribution is 5.47. The summed E-state index contributed by atoms with van der Waals surface area (Å²) in [7, 11) is 0. The molecule has 1 spiro atoms. The Morgan fingerprint density at radius 3 is 1.60 bits per heavy atom. The average molecular weight is 286 g/mol. The van der Waals surface area contributed by atoms with Gasteiger partial charge < -0.3 is 4.90 Å². The standard InChI is InChI=1S/C12H21NO.3C2H6/c1-11-2-4-12(5-3-11)6-8-13(10-14)9-7-12;3*1-2/h10-11H,2-9H2,1H3;3*1-2H3. The van der Waals surface area contributed by atoms with Crippen molar-refractivity contribution in [3.63, 3.8) is 0 Å². The fourth-order valence-corrected chi connectivity index (χ4v) is 2.98. The maximum atomic E-state index is 10.6. The van der Waals surface area contributed by atoms with Gasteiger partial charge in [-0.3, -0.25) is 4.79 Å². The van der Waals surface area contributed by atoms with E-state index in [4.69, 9.17) is 0 Å². The van der Waals surface area contributed by atoms with Crippen molar-refractivity contribution in [2.75, 3.05) is 13.1 Å². The Kier molecular flexibility index (Phi) is 14.6. The van der Waals surface area contributed by atoms with Gasteiger partial charge in [-0.2, -0.15) is 0 Å². The zero-order chi connectivity index (χ0) is 16.0. The molecule has 0 bridgehead atoms. The third kappa shape index (κ3) is 7.31. The van der Waals surface area contributed by atoms with Crippen LogP contribution in [-0.2, 0) is 4.79 Å². The molecule has 1 aliphatic heterocycles. The molecular formula is C18H39NO. The Labute approximate surface area is 128 Å². The van der Waals surface area contributed by atoms with Crippen LogP contribution in [0.4, 0.5) is 0 Å². The van der Waals surface area contributed by atoms with Gasteiger partial charge in [0.25, 0.3) is 0 Å². The van der Waals surface area contributed by atoms with Crippen LogP contribution in [-0.4, -0.2) is 24.4 Å². The fourth-order valence-electron chi connectivity index (χ4n) is 2.98. The fraction of sp³-hybridized carbons (Fsp3) is 0.944. The van der Waals surface area contributed by atoms with Crippen molar-refractivity contribution >= 4 is 6.41 Å². The van der Waals surface area contributed by atoms with Crippen molar-refractivity contribution in [3.05, 3.63) is 0 Å². The average Bonchev–Trinajstić information content (AvgIpc) is 2.57. The van der Waals surface area contributed by atoms with Crippen LogP contribution in [0.2, 0.25) is 0 Å². The number of hydrogen-bond acceptors (Lipinski definition) is 1. The Bertz CT molecular complexity index is 197. The number of carbonyl (C=O) groups is 1. The van der Waals surface area contributed by atoms with Crippen molar-refractivity contribution in [3.8, 4) is 0 Å². The molecule has 2 fully saturated rings. The van der Waals surface area contributed by atoms with Gasteiger partial charge in [0.2, 0.25) is 6.41 Å². The highest BCUT2D eigenvalue weighted by Gasteiger charge is 2.36. The Morgan fingerprint density at radius 2 is 1.25 bits per heavy atom. The van der Waals surface area contributed by atoms with Crippen LogP contribution in [0.25, 0.3) is 0 Å². The predicted octanol–water partition coefficient (Wildman–Crippen LogP) is 5.51. The predicted molar refractivity (Wildman–Crippen MR) is 91.0 cm³/mol. The number of carbonyl (C=O) groups excluding carboxylic acids is 1. The van der Waals surface area contributed by atoms with Gasteiger partial charge in [-0.15, -0.1) is 0 Å². The molecule has 0 atom stereocenters. The first-order valence-electron chi connectivity index (χ1n) is 8.93. The second kappa shape index (κ2) is 13.5. The molecule has 1 heterocycles. The van der Waals surface area contributed by atoms with Crippen LogP contribution in [0.3, 0.4) is 0 Å². The van der Waals surface area contributed by atoms with Crippen molar-refractivity contribution in [2.24, 2.45) is 11.3 Å². The Balaban J connectivity index is 0. The minimum Gasteiger partial charge on any atom is -0.345 e. The number of piperidine rings is 1. The second-order valence-corrected chi connectivity index (χ2v) is 5.32. The van der Waals surface area contributed by atoms with Crippen molar-refractivity contribution in [1.82, 2.24) is 4.90 Å². The Morgan fingerprint density at radius 1 is 0.850 bits per heavy atom. The summed E-state index contributed by atoms with van der Waals surface area (Å²) in [6.07, 6.45) is 9.12. The smallest absolute Gasteiger partial charge is 0.209 e. The van der Waals surface area contributed by atoms with E-state index >= 15 is 0 Å². The quantitative estimate of drug-likeness (QED) is 0.581. The molecule has 2 nitrogen and oxygen atoms in total. The summed E-state index contributed by atoms with van der Waals surface area (Å²) in [5, 5.41) is 0. The molecule has 2 rings (SSSR count). The normalized spacial score (nSPS) is 20.4. The topological polar surface area (TPSA) is 20.3 Å². The van der Waals surface area contributed by atoms with E-state index in [-0.39, 0.29) is 0 Å². The summed E-state index contributed by atoms with van der Waals surface area (Å²) in [5.41, 5.74) is 0.617. The molecule has 122 valence electrons. The van der Waals surface area contributed by atoms with Gasteiger partial charge in [-0.25, -0.2) is 0 Å². The van der Waals surface area contributed by atoms with E-state index < -0.39 is 0 Å². The van der Waals surface area contributed by atoms with E-state index in [1.807, 2.05) is 46.4 Å². The third-order valence-corrected chi connectivity index (χ3v) is 4.34. The highest BCUT2D eigenvalue weighted by Crippen LogP contribution is 2.45. The zero-order valence-corrected chi connectivity index (χ0v) is 15.2. The number of hydrogen-bond donors (Lipinski definition) is 0. The van der Waals surface area contributed by atoms with E-state index in [1.54, 1.807) is 0 Å². The van der Waals surface area contributed by atoms with Crippen LogP contribution in [0, 0.1) is 11.3 Å². The minimum absolute atomic E-state index is 0.617. The zero-order valence-electron chi connectivity index (χ0n) is 15.2. The number of nitrogens with zero attached hydrogens (tertiary/aromatic N) is 1. The molecule has 1 aliphatic carbocycles. The molecular weight excluding hydrogens is 246 g/mol. The van der Waals surface area contributed by atoms with Gasteiger partial charge in [0.15, 0.2) is 0 Å². The molecule has 0 radical (unpaired) electrons. The molecule has 0 aromatic heterocycles. The van der Waals surface area contributed by atoms with Crippen LogP contribution in [0.5, 0.6) is 0 Å². The maximum Gasteiger partial charge on any atom is 0.209 e. The maximum absolute atomic E-state index is 10.6. The number of likely N-dealkylation sites (tertiary alicyclic amines) is 1. The Hall–Kier alpha value is -0.530. The number of rotatable bonds is 1. The summed E-state index contributed by atoms with van der Waals surface area (Å²) >= 11 is 0. The van der Waals surface area contributed by atoms with Gasteiger partial charge in [0.1, 0.15) is 0 Å². The van der Waals surface area contributed by atoms with E-state index in [0.717, 1.165) is 25.4 Å². The lowest BCUT2D eigenvalue weighted by atomic mass is 9.66. The van der Waals surface area contributed by atoms with Crippen molar-refractivity contribution in [2.45, 2.75) is 87.0 Å². The van der Waals surface area contributed by atoms with Crippen LogP contribution in [0.1, 0.15) is 87.0 Å². The highest BCUT2D eigenvalue weighted by atomic mass is 16.1. The van der Waals surface area contributed by atoms with Gasteiger partial charge >= 0.3 is 0 Å².